The van der Waals surface area contributed by atoms with E-state index in [-0.39, 0.29) is 133 Å². The molecule has 2 bridgehead atoms. The monoisotopic (exact) mass is 1200 g/mol. The Morgan fingerprint density at radius 3 is 1.89 bits per heavy atom. The molecule has 10 rings (SSSR count). The van der Waals surface area contributed by atoms with Crippen LogP contribution in [0.5, 0.6) is 5.75 Å². The standard InChI is InChI=1S/C53H60N4O16S4.3Na/c1-50(2,3)37-29-36-35(47-51(4,5)39-26-33(76(67,68)69)13-15-42(39)55(47)22-24-74(61,62)63)28-38(37)53(49(36)73-32-11-8-31(9-12-32)10-17-44(58)54-20-21-57-45(59)18-19-46(57)60)30-41(53)48-52(6,7)40-27-34(77(70,71)72)14-16-43(40)56(48)23-25-75(64,65)66;;;/h8-9,11-16,18-19,26-28,37-38H,10,17,20-25,29-30H2,1-7H3,(H4-,54,58,61,62,63,64,65,66,67,68,69,70,71,72);;;/q;3*+1/p-3. The van der Waals surface area contributed by atoms with Gasteiger partial charge in [0.05, 0.1) is 42.2 Å². The Labute approximate surface area is 533 Å². The molecule has 3 atom stereocenters. The topological polar surface area (TPSA) is 311 Å². The van der Waals surface area contributed by atoms with Gasteiger partial charge in [0, 0.05) is 77.8 Å². The Kier molecular flexibility index (Phi) is 19.2. The smallest absolute Gasteiger partial charge is 0.748 e. The molecule has 1 fully saturated rings. The summed E-state index contributed by atoms with van der Waals surface area (Å²) in [5.41, 5.74) is 1.86. The van der Waals surface area contributed by atoms with Crippen molar-refractivity contribution in [3.05, 3.63) is 124 Å². The quantitative estimate of drug-likeness (QED) is 0.0575. The number of anilines is 1. The molecule has 0 saturated heterocycles. The number of benzene rings is 3. The van der Waals surface area contributed by atoms with E-state index in [0.29, 0.717) is 75.8 Å². The van der Waals surface area contributed by atoms with Crippen molar-refractivity contribution >= 4 is 75.3 Å². The van der Waals surface area contributed by atoms with Gasteiger partial charge in [0.15, 0.2) is 12.3 Å². The van der Waals surface area contributed by atoms with E-state index in [1.165, 1.54) is 24.3 Å². The summed E-state index contributed by atoms with van der Waals surface area (Å²) in [4.78, 5) is 38.4. The minimum atomic E-state index is -4.96. The number of ether oxygens (including phenoxy) is 1. The number of aryl methyl sites for hydroxylation is 1. The molecule has 3 heterocycles. The Morgan fingerprint density at radius 2 is 1.32 bits per heavy atom. The van der Waals surface area contributed by atoms with Crippen LogP contribution in [0.15, 0.2) is 117 Å². The van der Waals surface area contributed by atoms with Gasteiger partial charge in [-0.2, -0.15) is 4.58 Å². The molecule has 1 spiro atoms. The number of nitrogens with zero attached hydrogens (tertiary/aromatic N) is 3. The largest absolute Gasteiger partial charge is 1.00 e. The fourth-order valence-electron chi connectivity index (χ4n) is 12.3. The number of allylic oxidation sites excluding steroid dienone is 5. The van der Waals surface area contributed by atoms with E-state index in [2.05, 4.69) is 32.2 Å². The molecule has 4 aliphatic carbocycles. The van der Waals surface area contributed by atoms with Crippen LogP contribution in [-0.2, 0) is 72.1 Å². The third-order valence-corrected chi connectivity index (χ3v) is 19.0. The zero-order valence-corrected chi connectivity index (χ0v) is 55.5. The van der Waals surface area contributed by atoms with Crippen molar-refractivity contribution in [3.8, 4) is 5.75 Å². The number of hydrogen-bond acceptors (Lipinski definition) is 17. The van der Waals surface area contributed by atoms with E-state index in [1.54, 1.807) is 33.7 Å². The summed E-state index contributed by atoms with van der Waals surface area (Å²) in [6, 6.07) is 14.7. The number of nitrogens with one attached hydrogen (secondary N) is 1. The van der Waals surface area contributed by atoms with Crippen molar-refractivity contribution < 1.29 is 164 Å². The van der Waals surface area contributed by atoms with Crippen LogP contribution in [0.2, 0.25) is 0 Å². The number of carbonyl (C=O) groups excluding carboxylic acids is 3. The van der Waals surface area contributed by atoms with Gasteiger partial charge in [-0.1, -0.05) is 52.8 Å². The molecule has 3 aliphatic heterocycles. The van der Waals surface area contributed by atoms with E-state index < -0.39 is 101 Å². The van der Waals surface area contributed by atoms with Gasteiger partial charge < -0.3 is 33.2 Å². The van der Waals surface area contributed by atoms with Crippen molar-refractivity contribution in [1.82, 2.24) is 10.2 Å². The summed E-state index contributed by atoms with van der Waals surface area (Å²) in [5.74, 6) is -2.63. The summed E-state index contributed by atoms with van der Waals surface area (Å²) in [6.45, 7) is 13.0. The molecule has 80 heavy (non-hydrogen) atoms. The summed E-state index contributed by atoms with van der Waals surface area (Å²) < 4.78 is 158. The fourth-order valence-corrected chi connectivity index (χ4v) is 14.1. The molecule has 3 unspecified atom stereocenters. The molecule has 27 heteroatoms. The molecule has 3 aromatic rings. The molecule has 0 aromatic heterocycles. The second kappa shape index (κ2) is 23.2. The van der Waals surface area contributed by atoms with Gasteiger partial charge in [-0.15, -0.1) is 0 Å². The molecule has 0 radical (unpaired) electrons. The van der Waals surface area contributed by atoms with Crippen molar-refractivity contribution in [1.29, 1.82) is 0 Å². The van der Waals surface area contributed by atoms with Crippen molar-refractivity contribution in [2.75, 3.05) is 42.6 Å². The van der Waals surface area contributed by atoms with Crippen LogP contribution in [0, 0.1) is 22.7 Å². The molecule has 7 aliphatic rings. The average Bonchev–Trinajstić information content (AvgIpc) is 3.77. The Balaban J connectivity index is 0.00000344. The van der Waals surface area contributed by atoms with Gasteiger partial charge in [0.25, 0.3) is 11.8 Å². The van der Waals surface area contributed by atoms with Crippen LogP contribution in [0.3, 0.4) is 0 Å². The van der Waals surface area contributed by atoms with Crippen molar-refractivity contribution in [2.45, 2.75) is 94.8 Å². The van der Waals surface area contributed by atoms with Gasteiger partial charge in [0.2, 0.25) is 11.6 Å². The van der Waals surface area contributed by atoms with Crippen LogP contribution in [0.1, 0.15) is 84.4 Å². The molecule has 1 saturated carbocycles. The maximum absolute atomic E-state index is 12.9. The van der Waals surface area contributed by atoms with Gasteiger partial charge in [0.1, 0.15) is 41.9 Å². The first-order valence-corrected chi connectivity index (χ1v) is 30.8. The molecule has 3 aromatic carbocycles. The SMILES string of the molecule is CC1(C)C(=C2CC23C(Oc2ccc(CCC(=O)NCCN4C(=O)C=CC4=O)cc2)=C2CC(C(C)(C)C)C3C=C2C2=[N+](CCS(=O)(=O)[O-])c3ccc(S(=O)(=O)[O-])cc3C2(C)C)N(CCS(=O)(=O)[O-])c2ccc(S(=O)(=O)[O-])cc21.[Na+].[Na+].[Na+]. The molecule has 1 N–H and O–H groups in total. The number of fused-ring (bicyclic) bond motifs is 3. The first-order valence-electron chi connectivity index (χ1n) is 24.8. The predicted octanol–water partition coefficient (Wildman–Crippen LogP) is -4.66. The van der Waals surface area contributed by atoms with Crippen molar-refractivity contribution in [3.63, 3.8) is 0 Å². The Bertz CT molecular complexity index is 3720. The third kappa shape index (κ3) is 12.7. The first kappa shape index (κ1) is 66.3. The summed E-state index contributed by atoms with van der Waals surface area (Å²) >= 11 is 0. The van der Waals surface area contributed by atoms with Crippen LogP contribution in [-0.4, -0.2) is 122 Å². The Morgan fingerprint density at radius 1 is 0.750 bits per heavy atom. The zero-order valence-electron chi connectivity index (χ0n) is 46.2. The molecular formula is C53H57N4Na3O16S4. The Hall–Kier alpha value is -2.86. The van der Waals surface area contributed by atoms with Gasteiger partial charge in [-0.25, -0.2) is 33.7 Å². The van der Waals surface area contributed by atoms with Crippen LogP contribution >= 0.6 is 0 Å². The van der Waals surface area contributed by atoms with Crippen LogP contribution in [0.4, 0.5) is 11.4 Å². The number of rotatable bonds is 17. The van der Waals surface area contributed by atoms with Crippen LogP contribution in [0.25, 0.3) is 0 Å². The second-order valence-corrected chi connectivity index (χ2v) is 28.3. The molecule has 412 valence electrons. The van der Waals surface area contributed by atoms with E-state index in [0.717, 1.165) is 40.3 Å². The van der Waals surface area contributed by atoms with E-state index in [9.17, 15) is 66.3 Å². The van der Waals surface area contributed by atoms with E-state index >= 15 is 0 Å². The third-order valence-electron chi connectivity index (χ3n) is 15.9. The molecular weight excluding hydrogens is 1150 g/mol. The molecule has 20 nitrogen and oxygen atoms in total. The normalized spacial score (nSPS) is 22.7. The van der Waals surface area contributed by atoms with Crippen molar-refractivity contribution in [2.24, 2.45) is 22.7 Å². The van der Waals surface area contributed by atoms with Gasteiger partial charge in [-0.3, -0.25) is 19.3 Å². The first-order chi connectivity index (χ1) is 35.5. The van der Waals surface area contributed by atoms with E-state index in [4.69, 9.17) is 4.74 Å². The maximum atomic E-state index is 12.9. The minimum Gasteiger partial charge on any atom is -0.748 e. The summed E-state index contributed by atoms with van der Waals surface area (Å²) in [5, 5.41) is 2.73. The van der Waals surface area contributed by atoms with Crippen LogP contribution < -0.4 is 104 Å². The van der Waals surface area contributed by atoms with Gasteiger partial charge in [-0.05, 0) is 110 Å². The average molecular weight is 1200 g/mol. The number of amides is 3. The second-order valence-electron chi connectivity index (χ2n) is 22.5. The molecule has 3 amide bonds. The number of hydrogen-bond donors (Lipinski definition) is 1. The summed E-state index contributed by atoms with van der Waals surface area (Å²) in [7, 11) is -19.5. The van der Waals surface area contributed by atoms with Gasteiger partial charge >= 0.3 is 88.7 Å². The van der Waals surface area contributed by atoms with E-state index in [1.807, 2.05) is 27.7 Å². The minimum absolute atomic E-state index is 0. The number of imide groups is 1. The number of carbonyl (C=O) groups is 3. The maximum Gasteiger partial charge on any atom is 1.00 e. The zero-order chi connectivity index (χ0) is 56.4. The predicted molar refractivity (Wildman–Crippen MR) is 276 cm³/mol. The summed E-state index contributed by atoms with van der Waals surface area (Å²) in [6.07, 6.45) is 5.51. The fraction of sp³-hybridized carbons (Fsp3) is 0.434.